The van der Waals surface area contributed by atoms with E-state index in [1.54, 1.807) is 18.2 Å². The van der Waals surface area contributed by atoms with Crippen molar-refractivity contribution < 1.29 is 13.6 Å². The predicted molar refractivity (Wildman–Crippen MR) is 72.5 cm³/mol. The largest absolute Gasteiger partial charge is 0.409 e. The van der Waals surface area contributed by atoms with Gasteiger partial charge in [0.25, 0.3) is 0 Å². The van der Waals surface area contributed by atoms with Crippen LogP contribution < -0.4 is 10.5 Å². The van der Waals surface area contributed by atoms with E-state index in [9.17, 15) is 8.42 Å². The molecule has 2 aromatic rings. The van der Waals surface area contributed by atoms with Crippen molar-refractivity contribution in [1.82, 2.24) is 4.72 Å². The van der Waals surface area contributed by atoms with Gasteiger partial charge >= 0.3 is 0 Å². The summed E-state index contributed by atoms with van der Waals surface area (Å²) in [4.78, 5) is 0.163. The second kappa shape index (κ2) is 5.25. The Morgan fingerprint density at radius 1 is 1.21 bits per heavy atom. The Labute approximate surface area is 110 Å². The van der Waals surface area contributed by atoms with Gasteiger partial charge in [-0.1, -0.05) is 41.6 Å². The molecule has 4 N–H and O–H groups in total. The van der Waals surface area contributed by atoms with Gasteiger partial charge in [0.2, 0.25) is 10.0 Å². The second-order valence-electron chi connectivity index (χ2n) is 3.89. The van der Waals surface area contributed by atoms with E-state index in [0.29, 0.717) is 5.39 Å². The van der Waals surface area contributed by atoms with Crippen molar-refractivity contribution in [3.8, 4) is 0 Å². The standard InChI is InChI=1S/C12H13N3O3S/c13-12(15-16)8-14-19(17,18)11-7-3-5-9-4-1-2-6-10(9)11/h1-7,14,16H,8H2,(H2,13,15). The van der Waals surface area contributed by atoms with Gasteiger partial charge in [0.1, 0.15) is 0 Å². The van der Waals surface area contributed by atoms with Crippen LogP contribution in [0.1, 0.15) is 0 Å². The average molecular weight is 279 g/mol. The van der Waals surface area contributed by atoms with Gasteiger partial charge in [-0.05, 0) is 11.5 Å². The lowest BCUT2D eigenvalue weighted by Gasteiger charge is -2.08. The fraction of sp³-hybridized carbons (Fsp3) is 0.0833. The summed E-state index contributed by atoms with van der Waals surface area (Å²) in [6.45, 7) is -0.248. The zero-order chi connectivity index (χ0) is 13.9. The zero-order valence-electron chi connectivity index (χ0n) is 9.95. The van der Waals surface area contributed by atoms with E-state index in [0.717, 1.165) is 5.39 Å². The SMILES string of the molecule is N/C(CNS(=O)(=O)c1cccc2ccccc12)=N/O. The van der Waals surface area contributed by atoms with Crippen LogP contribution in [0.4, 0.5) is 0 Å². The summed E-state index contributed by atoms with van der Waals surface area (Å²) in [5, 5.41) is 12.6. The Bertz CT molecular complexity index is 721. The van der Waals surface area contributed by atoms with Crippen molar-refractivity contribution in [2.24, 2.45) is 10.9 Å². The smallest absolute Gasteiger partial charge is 0.241 e. The van der Waals surface area contributed by atoms with E-state index >= 15 is 0 Å². The number of rotatable bonds is 4. The molecule has 0 fully saturated rings. The minimum Gasteiger partial charge on any atom is -0.409 e. The van der Waals surface area contributed by atoms with Crippen LogP contribution in [0.15, 0.2) is 52.5 Å². The van der Waals surface area contributed by atoms with Crippen LogP contribution in [-0.4, -0.2) is 26.0 Å². The number of nitrogens with zero attached hydrogens (tertiary/aromatic N) is 1. The van der Waals surface area contributed by atoms with Gasteiger partial charge < -0.3 is 10.9 Å². The minimum absolute atomic E-state index is 0.163. The highest BCUT2D eigenvalue weighted by molar-refractivity contribution is 7.89. The van der Waals surface area contributed by atoms with E-state index in [1.165, 1.54) is 6.07 Å². The third-order valence-electron chi connectivity index (χ3n) is 2.61. The molecular weight excluding hydrogens is 266 g/mol. The molecule has 0 radical (unpaired) electrons. The molecule has 6 nitrogen and oxygen atoms in total. The number of oxime groups is 1. The number of hydrogen-bond donors (Lipinski definition) is 3. The molecule has 7 heteroatoms. The summed E-state index contributed by atoms with van der Waals surface area (Å²) in [6.07, 6.45) is 0. The highest BCUT2D eigenvalue weighted by Gasteiger charge is 2.16. The number of sulfonamides is 1. The average Bonchev–Trinajstić information content (AvgIpc) is 2.44. The number of nitrogens with two attached hydrogens (primary N) is 1. The first-order valence-corrected chi connectivity index (χ1v) is 6.97. The molecule has 0 saturated heterocycles. The van der Waals surface area contributed by atoms with Gasteiger partial charge in [0.05, 0.1) is 11.4 Å². The molecular formula is C12H13N3O3S. The summed E-state index contributed by atoms with van der Waals surface area (Å²) in [7, 11) is -3.71. The number of amidine groups is 1. The molecule has 2 rings (SSSR count). The van der Waals surface area contributed by atoms with Gasteiger partial charge in [-0.3, -0.25) is 0 Å². The van der Waals surface area contributed by atoms with Gasteiger partial charge in [0.15, 0.2) is 5.84 Å². The summed E-state index contributed by atoms with van der Waals surface area (Å²) < 4.78 is 26.6. The zero-order valence-corrected chi connectivity index (χ0v) is 10.8. The van der Waals surface area contributed by atoms with E-state index in [1.807, 2.05) is 18.2 Å². The summed E-state index contributed by atoms with van der Waals surface area (Å²) in [5.74, 6) is -0.205. The quantitative estimate of drug-likeness (QED) is 0.334. The number of nitrogens with one attached hydrogen (secondary N) is 1. The van der Waals surface area contributed by atoms with Crippen LogP contribution in [0.5, 0.6) is 0 Å². The van der Waals surface area contributed by atoms with Crippen LogP contribution in [0.2, 0.25) is 0 Å². The first-order chi connectivity index (χ1) is 9.04. The van der Waals surface area contributed by atoms with Gasteiger partial charge in [0, 0.05) is 5.39 Å². The molecule has 0 bridgehead atoms. The molecule has 0 saturated carbocycles. The third-order valence-corrected chi connectivity index (χ3v) is 4.07. The Kier molecular flexibility index (Phi) is 3.68. The first kappa shape index (κ1) is 13.3. The van der Waals surface area contributed by atoms with E-state index < -0.39 is 10.0 Å². The van der Waals surface area contributed by atoms with E-state index in [4.69, 9.17) is 10.9 Å². The molecule has 0 atom stereocenters. The Morgan fingerprint density at radius 2 is 1.89 bits per heavy atom. The molecule has 0 spiro atoms. The molecule has 2 aromatic carbocycles. The second-order valence-corrected chi connectivity index (χ2v) is 5.63. The molecule has 0 aliphatic rings. The van der Waals surface area contributed by atoms with Crippen molar-refractivity contribution in [1.29, 1.82) is 0 Å². The lowest BCUT2D eigenvalue weighted by molar-refractivity contribution is 0.317. The summed E-state index contributed by atoms with van der Waals surface area (Å²) in [5.41, 5.74) is 5.24. The minimum atomic E-state index is -3.71. The normalized spacial score (nSPS) is 12.7. The van der Waals surface area contributed by atoms with Crippen molar-refractivity contribution in [2.45, 2.75) is 4.90 Å². The van der Waals surface area contributed by atoms with E-state index in [-0.39, 0.29) is 17.3 Å². The first-order valence-electron chi connectivity index (χ1n) is 5.48. The van der Waals surface area contributed by atoms with Crippen molar-refractivity contribution in [3.05, 3.63) is 42.5 Å². The summed E-state index contributed by atoms with van der Waals surface area (Å²) in [6, 6.07) is 12.2. The van der Waals surface area contributed by atoms with Gasteiger partial charge in [-0.2, -0.15) is 0 Å². The molecule has 0 unspecified atom stereocenters. The molecule has 19 heavy (non-hydrogen) atoms. The van der Waals surface area contributed by atoms with Gasteiger partial charge in [-0.25, -0.2) is 13.1 Å². The van der Waals surface area contributed by atoms with E-state index in [2.05, 4.69) is 9.88 Å². The topological polar surface area (TPSA) is 105 Å². The lowest BCUT2D eigenvalue weighted by Crippen LogP contribution is -2.33. The number of benzene rings is 2. The number of hydrogen-bond acceptors (Lipinski definition) is 4. The Hall–Kier alpha value is -2.12. The molecule has 0 aromatic heterocycles. The van der Waals surface area contributed by atoms with Crippen molar-refractivity contribution >= 4 is 26.6 Å². The van der Waals surface area contributed by atoms with Crippen LogP contribution in [0, 0.1) is 0 Å². The van der Waals surface area contributed by atoms with Crippen molar-refractivity contribution in [3.63, 3.8) is 0 Å². The maximum atomic E-state index is 12.2. The predicted octanol–water partition coefficient (Wildman–Crippen LogP) is 0.864. The molecule has 0 heterocycles. The lowest BCUT2D eigenvalue weighted by atomic mass is 10.1. The van der Waals surface area contributed by atoms with Crippen LogP contribution in [0.25, 0.3) is 10.8 Å². The fourth-order valence-electron chi connectivity index (χ4n) is 1.71. The summed E-state index contributed by atoms with van der Waals surface area (Å²) >= 11 is 0. The van der Waals surface area contributed by atoms with Gasteiger partial charge in [-0.15, -0.1) is 0 Å². The van der Waals surface area contributed by atoms with Crippen LogP contribution in [0.3, 0.4) is 0 Å². The monoisotopic (exact) mass is 279 g/mol. The van der Waals surface area contributed by atoms with Crippen LogP contribution in [-0.2, 0) is 10.0 Å². The Balaban J connectivity index is 2.43. The maximum absolute atomic E-state index is 12.2. The highest BCUT2D eigenvalue weighted by Crippen LogP contribution is 2.22. The van der Waals surface area contributed by atoms with Crippen LogP contribution >= 0.6 is 0 Å². The fourth-order valence-corrected chi connectivity index (χ4v) is 2.94. The Morgan fingerprint density at radius 3 is 2.63 bits per heavy atom. The molecule has 0 aliphatic heterocycles. The molecule has 0 amide bonds. The highest BCUT2D eigenvalue weighted by atomic mass is 32.2. The third kappa shape index (κ3) is 2.83. The molecule has 0 aliphatic carbocycles. The number of fused-ring (bicyclic) bond motifs is 1. The maximum Gasteiger partial charge on any atom is 0.241 e. The molecule has 100 valence electrons. The van der Waals surface area contributed by atoms with Crippen molar-refractivity contribution in [2.75, 3.05) is 6.54 Å².